The van der Waals surface area contributed by atoms with Crippen LogP contribution in [0.5, 0.6) is 11.5 Å². The molecule has 80 valence electrons. The number of fused-ring (bicyclic) bond motifs is 1. The third kappa shape index (κ3) is 1.61. The first-order valence-corrected chi connectivity index (χ1v) is 5.26. The van der Waals surface area contributed by atoms with E-state index in [-0.39, 0.29) is 19.1 Å². The molecule has 0 radical (unpaired) electrons. The van der Waals surface area contributed by atoms with E-state index in [1.165, 1.54) is 0 Å². The SMILES string of the molecule is Cc1cc2c(c(Br)c1C(=O)CN)OCO2. The Morgan fingerprint density at radius 1 is 1.60 bits per heavy atom. The lowest BCUT2D eigenvalue weighted by molar-refractivity contribution is 0.0999. The van der Waals surface area contributed by atoms with Gasteiger partial charge in [0.15, 0.2) is 17.3 Å². The minimum atomic E-state index is -0.113. The van der Waals surface area contributed by atoms with Gasteiger partial charge in [0.25, 0.3) is 0 Å². The third-order valence-electron chi connectivity index (χ3n) is 2.27. The maximum atomic E-state index is 11.6. The molecular weight excluding hydrogens is 262 g/mol. The van der Waals surface area contributed by atoms with Gasteiger partial charge in [0.2, 0.25) is 6.79 Å². The number of Topliss-reactive ketones (excluding diaryl/α,β-unsaturated/α-hetero) is 1. The molecule has 0 fully saturated rings. The van der Waals surface area contributed by atoms with Crippen LogP contribution in [-0.2, 0) is 0 Å². The van der Waals surface area contributed by atoms with Gasteiger partial charge in [-0.1, -0.05) is 0 Å². The molecule has 0 atom stereocenters. The Morgan fingerprint density at radius 3 is 3.00 bits per heavy atom. The first kappa shape index (κ1) is 10.4. The monoisotopic (exact) mass is 271 g/mol. The summed E-state index contributed by atoms with van der Waals surface area (Å²) in [4.78, 5) is 11.6. The van der Waals surface area contributed by atoms with Crippen LogP contribution in [0.1, 0.15) is 15.9 Å². The van der Waals surface area contributed by atoms with Gasteiger partial charge in [-0.05, 0) is 34.5 Å². The van der Waals surface area contributed by atoms with Gasteiger partial charge in [-0.2, -0.15) is 0 Å². The second-order valence-corrected chi connectivity index (χ2v) is 4.04. The molecule has 0 unspecified atom stereocenters. The second kappa shape index (κ2) is 3.83. The molecule has 4 nitrogen and oxygen atoms in total. The maximum Gasteiger partial charge on any atom is 0.231 e. The number of hydrogen-bond acceptors (Lipinski definition) is 4. The fourth-order valence-corrected chi connectivity index (χ4v) is 2.41. The van der Waals surface area contributed by atoms with E-state index in [2.05, 4.69) is 15.9 Å². The molecule has 0 amide bonds. The average molecular weight is 272 g/mol. The second-order valence-electron chi connectivity index (χ2n) is 3.24. The number of halogens is 1. The highest BCUT2D eigenvalue weighted by atomic mass is 79.9. The molecule has 1 aliphatic rings. The number of benzene rings is 1. The Labute approximate surface area is 95.5 Å². The molecule has 1 aromatic carbocycles. The highest BCUT2D eigenvalue weighted by Crippen LogP contribution is 2.42. The molecule has 0 aliphatic carbocycles. The Bertz CT molecular complexity index is 431. The van der Waals surface area contributed by atoms with Crippen LogP contribution in [0.25, 0.3) is 0 Å². The normalized spacial score (nSPS) is 13.0. The molecule has 2 rings (SSSR count). The minimum Gasteiger partial charge on any atom is -0.454 e. The van der Waals surface area contributed by atoms with Gasteiger partial charge in [0.1, 0.15) is 0 Å². The van der Waals surface area contributed by atoms with Crippen LogP contribution < -0.4 is 15.2 Å². The van der Waals surface area contributed by atoms with Crippen molar-refractivity contribution in [2.24, 2.45) is 5.73 Å². The fraction of sp³-hybridized carbons (Fsp3) is 0.300. The quantitative estimate of drug-likeness (QED) is 0.831. The largest absolute Gasteiger partial charge is 0.454 e. The number of aryl methyl sites for hydroxylation is 1. The zero-order valence-electron chi connectivity index (χ0n) is 8.17. The van der Waals surface area contributed by atoms with E-state index in [0.717, 1.165) is 5.56 Å². The molecule has 0 saturated heterocycles. The summed E-state index contributed by atoms with van der Waals surface area (Å²) in [6.07, 6.45) is 0. The highest BCUT2D eigenvalue weighted by Gasteiger charge is 2.24. The predicted octanol–water partition coefficient (Wildman–Crippen LogP) is 1.63. The summed E-state index contributed by atoms with van der Waals surface area (Å²) in [6.45, 7) is 2.02. The van der Waals surface area contributed by atoms with Gasteiger partial charge in [-0.25, -0.2) is 0 Å². The average Bonchev–Trinajstić information content (AvgIpc) is 2.65. The van der Waals surface area contributed by atoms with Crippen LogP contribution in [0.4, 0.5) is 0 Å². The Kier molecular flexibility index (Phi) is 2.67. The number of rotatable bonds is 2. The number of carbonyl (C=O) groups excluding carboxylic acids is 1. The van der Waals surface area contributed by atoms with Crippen molar-refractivity contribution in [3.63, 3.8) is 0 Å². The lowest BCUT2D eigenvalue weighted by atomic mass is 10.0. The van der Waals surface area contributed by atoms with Crippen LogP contribution in [0.2, 0.25) is 0 Å². The van der Waals surface area contributed by atoms with E-state index in [1.54, 1.807) is 6.07 Å². The summed E-state index contributed by atoms with van der Waals surface area (Å²) in [7, 11) is 0. The summed E-state index contributed by atoms with van der Waals surface area (Å²) >= 11 is 3.34. The smallest absolute Gasteiger partial charge is 0.231 e. The molecule has 5 heteroatoms. The maximum absolute atomic E-state index is 11.6. The summed E-state index contributed by atoms with van der Waals surface area (Å²) < 4.78 is 11.1. The van der Waals surface area contributed by atoms with Crippen LogP contribution in [0.3, 0.4) is 0 Å². The van der Waals surface area contributed by atoms with E-state index < -0.39 is 0 Å². The minimum absolute atomic E-state index is 0.0148. The van der Waals surface area contributed by atoms with Crippen molar-refractivity contribution in [1.82, 2.24) is 0 Å². The highest BCUT2D eigenvalue weighted by molar-refractivity contribution is 9.10. The zero-order valence-corrected chi connectivity index (χ0v) is 9.76. The third-order valence-corrected chi connectivity index (χ3v) is 3.02. The van der Waals surface area contributed by atoms with Gasteiger partial charge >= 0.3 is 0 Å². The Hall–Kier alpha value is -1.07. The van der Waals surface area contributed by atoms with Crippen molar-refractivity contribution in [1.29, 1.82) is 0 Å². The van der Waals surface area contributed by atoms with Gasteiger partial charge in [0, 0.05) is 5.56 Å². The Balaban J connectivity index is 2.61. The van der Waals surface area contributed by atoms with Crippen molar-refractivity contribution in [2.45, 2.75) is 6.92 Å². The van der Waals surface area contributed by atoms with E-state index >= 15 is 0 Å². The Morgan fingerprint density at radius 2 is 2.33 bits per heavy atom. The first-order chi connectivity index (χ1) is 7.15. The summed E-state index contributed by atoms with van der Waals surface area (Å²) in [5.74, 6) is 1.13. The fourth-order valence-electron chi connectivity index (χ4n) is 1.57. The standard InChI is InChI=1S/C10H10BrNO3/c1-5-2-7-10(15-4-14-7)9(11)8(5)6(13)3-12/h2H,3-4,12H2,1H3. The van der Waals surface area contributed by atoms with Crippen molar-refractivity contribution in [3.8, 4) is 11.5 Å². The predicted molar refractivity (Wildman–Crippen MR) is 58.4 cm³/mol. The molecule has 1 heterocycles. The summed E-state index contributed by atoms with van der Waals surface area (Å²) in [5.41, 5.74) is 6.75. The van der Waals surface area contributed by atoms with Crippen molar-refractivity contribution >= 4 is 21.7 Å². The van der Waals surface area contributed by atoms with E-state index in [4.69, 9.17) is 15.2 Å². The number of ether oxygens (including phenoxy) is 2. The summed E-state index contributed by atoms with van der Waals surface area (Å²) in [5, 5.41) is 0. The van der Waals surface area contributed by atoms with E-state index in [0.29, 0.717) is 21.5 Å². The van der Waals surface area contributed by atoms with Crippen LogP contribution in [0.15, 0.2) is 10.5 Å². The van der Waals surface area contributed by atoms with Gasteiger partial charge < -0.3 is 15.2 Å². The molecule has 0 saturated carbocycles. The van der Waals surface area contributed by atoms with E-state index in [1.807, 2.05) is 6.92 Å². The number of carbonyl (C=O) groups is 1. The van der Waals surface area contributed by atoms with Crippen molar-refractivity contribution in [2.75, 3.05) is 13.3 Å². The van der Waals surface area contributed by atoms with Crippen molar-refractivity contribution in [3.05, 3.63) is 21.7 Å². The molecular formula is C10H10BrNO3. The number of ketones is 1. The van der Waals surface area contributed by atoms with E-state index in [9.17, 15) is 4.79 Å². The molecule has 2 N–H and O–H groups in total. The molecule has 1 aliphatic heterocycles. The lowest BCUT2D eigenvalue weighted by Crippen LogP contribution is -2.15. The molecule has 15 heavy (non-hydrogen) atoms. The molecule has 0 spiro atoms. The topological polar surface area (TPSA) is 61.6 Å². The summed E-state index contributed by atoms with van der Waals surface area (Å²) in [6, 6.07) is 1.79. The van der Waals surface area contributed by atoms with Crippen LogP contribution in [-0.4, -0.2) is 19.1 Å². The molecule has 0 aromatic heterocycles. The van der Waals surface area contributed by atoms with Crippen molar-refractivity contribution < 1.29 is 14.3 Å². The van der Waals surface area contributed by atoms with Crippen LogP contribution >= 0.6 is 15.9 Å². The lowest BCUT2D eigenvalue weighted by Gasteiger charge is -2.08. The number of nitrogens with two attached hydrogens (primary N) is 1. The van der Waals surface area contributed by atoms with Gasteiger partial charge in [-0.15, -0.1) is 0 Å². The molecule has 1 aromatic rings. The van der Waals surface area contributed by atoms with Crippen LogP contribution in [0, 0.1) is 6.92 Å². The number of hydrogen-bond donors (Lipinski definition) is 1. The van der Waals surface area contributed by atoms with Gasteiger partial charge in [0.05, 0.1) is 11.0 Å². The first-order valence-electron chi connectivity index (χ1n) is 4.47. The molecule has 0 bridgehead atoms. The van der Waals surface area contributed by atoms with Gasteiger partial charge in [-0.3, -0.25) is 4.79 Å². The zero-order chi connectivity index (χ0) is 11.0.